The number of carbonyl (C=O) groups is 2. The van der Waals surface area contributed by atoms with Crippen molar-refractivity contribution < 1.29 is 19.4 Å². The molecule has 0 spiro atoms. The van der Waals surface area contributed by atoms with E-state index in [1.54, 1.807) is 0 Å². The Hall–Kier alpha value is -1.06. The van der Waals surface area contributed by atoms with Crippen LogP contribution >= 0.6 is 0 Å². The van der Waals surface area contributed by atoms with Crippen LogP contribution in [0, 0.1) is 5.92 Å². The fourth-order valence-corrected chi connectivity index (χ4v) is 1.25. The van der Waals surface area contributed by atoms with E-state index in [0.29, 0.717) is 12.8 Å². The largest absolute Gasteiger partial charge is 0.513 e. The van der Waals surface area contributed by atoms with Crippen LogP contribution in [0.15, 0.2) is 0 Å². The maximum atomic E-state index is 11.1. The highest BCUT2D eigenvalue weighted by Crippen LogP contribution is 2.15. The standard InChI is InChI=1S/C9H16O4/c1-3-5-7(6-4-2)8(10)13-9(11)12/h7H,3-6H2,1-2H3,(H,11,12). The molecule has 0 aromatic heterocycles. The Morgan fingerprint density at radius 1 is 1.23 bits per heavy atom. The highest BCUT2D eigenvalue weighted by atomic mass is 16.7. The van der Waals surface area contributed by atoms with Crippen molar-refractivity contribution in [1.29, 1.82) is 0 Å². The summed E-state index contributed by atoms with van der Waals surface area (Å²) in [6.07, 6.45) is 1.60. The molecule has 0 atom stereocenters. The Bertz CT molecular complexity index is 170. The van der Waals surface area contributed by atoms with Gasteiger partial charge >= 0.3 is 12.1 Å². The average molecular weight is 188 g/mol. The number of rotatable bonds is 5. The lowest BCUT2D eigenvalue weighted by Gasteiger charge is -2.11. The predicted octanol–water partition coefficient (Wildman–Crippen LogP) is 2.42. The normalized spacial score (nSPS) is 10.1. The second kappa shape index (κ2) is 6.46. The molecular formula is C9H16O4. The molecule has 0 aromatic carbocycles. The van der Waals surface area contributed by atoms with Gasteiger partial charge in [-0.25, -0.2) is 4.79 Å². The molecule has 0 aliphatic heterocycles. The van der Waals surface area contributed by atoms with Crippen LogP contribution in [0.25, 0.3) is 0 Å². The number of carbonyl (C=O) groups excluding carboxylic acids is 1. The number of hydrogen-bond acceptors (Lipinski definition) is 3. The van der Waals surface area contributed by atoms with E-state index in [1.165, 1.54) is 0 Å². The summed E-state index contributed by atoms with van der Waals surface area (Å²) in [5, 5.41) is 8.23. The molecule has 0 amide bonds. The zero-order valence-corrected chi connectivity index (χ0v) is 8.08. The Kier molecular flexibility index (Phi) is 5.93. The minimum Gasteiger partial charge on any atom is -0.449 e. The van der Waals surface area contributed by atoms with Crippen molar-refractivity contribution in [2.24, 2.45) is 5.92 Å². The molecule has 13 heavy (non-hydrogen) atoms. The number of esters is 1. The van der Waals surface area contributed by atoms with Crippen LogP contribution in [-0.2, 0) is 9.53 Å². The number of ether oxygens (including phenoxy) is 1. The van der Waals surface area contributed by atoms with Crippen molar-refractivity contribution >= 4 is 12.1 Å². The lowest BCUT2D eigenvalue weighted by atomic mass is 9.99. The number of hydrogen-bond donors (Lipinski definition) is 1. The minimum absolute atomic E-state index is 0.258. The predicted molar refractivity (Wildman–Crippen MR) is 47.4 cm³/mol. The molecule has 1 N–H and O–H groups in total. The van der Waals surface area contributed by atoms with Crippen molar-refractivity contribution in [3.05, 3.63) is 0 Å². The summed E-state index contributed by atoms with van der Waals surface area (Å²) in [6.45, 7) is 3.91. The lowest BCUT2D eigenvalue weighted by Crippen LogP contribution is -2.20. The minimum atomic E-state index is -1.51. The van der Waals surface area contributed by atoms with E-state index in [0.717, 1.165) is 12.8 Å². The van der Waals surface area contributed by atoms with E-state index in [4.69, 9.17) is 5.11 Å². The van der Waals surface area contributed by atoms with Crippen molar-refractivity contribution in [3.63, 3.8) is 0 Å². The van der Waals surface area contributed by atoms with Crippen molar-refractivity contribution in [1.82, 2.24) is 0 Å². The first-order valence-corrected chi connectivity index (χ1v) is 4.56. The van der Waals surface area contributed by atoms with Crippen molar-refractivity contribution in [2.75, 3.05) is 0 Å². The molecule has 0 aliphatic rings. The van der Waals surface area contributed by atoms with Crippen LogP contribution in [-0.4, -0.2) is 17.2 Å². The lowest BCUT2D eigenvalue weighted by molar-refractivity contribution is -0.144. The second-order valence-electron chi connectivity index (χ2n) is 2.96. The smallest absolute Gasteiger partial charge is 0.449 e. The monoisotopic (exact) mass is 188 g/mol. The summed E-state index contributed by atoms with van der Waals surface area (Å²) in [7, 11) is 0. The fraction of sp³-hybridized carbons (Fsp3) is 0.778. The van der Waals surface area contributed by atoms with Crippen LogP contribution in [0.5, 0.6) is 0 Å². The molecule has 4 heteroatoms. The number of carboxylic acid groups (broad SMARTS) is 1. The second-order valence-corrected chi connectivity index (χ2v) is 2.96. The molecule has 0 radical (unpaired) electrons. The summed E-state index contributed by atoms with van der Waals surface area (Å²) in [5.41, 5.74) is 0. The van der Waals surface area contributed by atoms with E-state index < -0.39 is 12.1 Å². The van der Waals surface area contributed by atoms with Gasteiger partial charge in [-0.1, -0.05) is 26.7 Å². The third-order valence-corrected chi connectivity index (χ3v) is 1.80. The van der Waals surface area contributed by atoms with Crippen LogP contribution in [0.4, 0.5) is 4.79 Å². The van der Waals surface area contributed by atoms with Gasteiger partial charge in [0.15, 0.2) is 0 Å². The van der Waals surface area contributed by atoms with Gasteiger partial charge in [-0.15, -0.1) is 0 Å². The van der Waals surface area contributed by atoms with Crippen LogP contribution in [0.1, 0.15) is 39.5 Å². The SMILES string of the molecule is CCCC(CCC)C(=O)OC(=O)O. The quantitative estimate of drug-likeness (QED) is 0.531. The van der Waals surface area contributed by atoms with Crippen LogP contribution in [0.2, 0.25) is 0 Å². The highest BCUT2D eigenvalue weighted by molar-refractivity contribution is 5.82. The summed E-state index contributed by atoms with van der Waals surface area (Å²) in [4.78, 5) is 21.2. The summed E-state index contributed by atoms with van der Waals surface area (Å²) < 4.78 is 4.10. The first-order valence-electron chi connectivity index (χ1n) is 4.56. The molecule has 0 aliphatic carbocycles. The van der Waals surface area contributed by atoms with Gasteiger partial charge in [0.05, 0.1) is 5.92 Å². The van der Waals surface area contributed by atoms with Gasteiger partial charge < -0.3 is 9.84 Å². The van der Waals surface area contributed by atoms with E-state index in [-0.39, 0.29) is 5.92 Å². The van der Waals surface area contributed by atoms with E-state index in [2.05, 4.69) is 4.74 Å². The molecule has 0 rings (SSSR count). The first-order chi connectivity index (χ1) is 6.11. The van der Waals surface area contributed by atoms with E-state index in [1.807, 2.05) is 13.8 Å². The summed E-state index contributed by atoms with van der Waals surface area (Å²) >= 11 is 0. The van der Waals surface area contributed by atoms with Gasteiger partial charge in [-0.05, 0) is 12.8 Å². The van der Waals surface area contributed by atoms with Crippen molar-refractivity contribution in [3.8, 4) is 0 Å². The summed E-state index contributed by atoms with van der Waals surface area (Å²) in [6, 6.07) is 0. The van der Waals surface area contributed by atoms with Crippen LogP contribution < -0.4 is 0 Å². The van der Waals surface area contributed by atoms with Gasteiger partial charge in [0, 0.05) is 0 Å². The van der Waals surface area contributed by atoms with Crippen LogP contribution in [0.3, 0.4) is 0 Å². The molecule has 0 unspecified atom stereocenters. The average Bonchev–Trinajstić information content (AvgIpc) is 2.02. The molecule has 4 nitrogen and oxygen atoms in total. The molecule has 0 fully saturated rings. The van der Waals surface area contributed by atoms with Crippen molar-refractivity contribution in [2.45, 2.75) is 39.5 Å². The fourth-order valence-electron chi connectivity index (χ4n) is 1.25. The topological polar surface area (TPSA) is 63.6 Å². The molecule has 0 saturated heterocycles. The van der Waals surface area contributed by atoms with E-state index in [9.17, 15) is 9.59 Å². The Balaban J connectivity index is 4.02. The molecule has 0 aromatic rings. The zero-order valence-electron chi connectivity index (χ0n) is 8.08. The van der Waals surface area contributed by atoms with Gasteiger partial charge in [-0.3, -0.25) is 4.79 Å². The van der Waals surface area contributed by atoms with Gasteiger partial charge in [-0.2, -0.15) is 0 Å². The molecule has 0 saturated carbocycles. The highest BCUT2D eigenvalue weighted by Gasteiger charge is 2.20. The molecule has 0 heterocycles. The Morgan fingerprint density at radius 2 is 1.69 bits per heavy atom. The maximum Gasteiger partial charge on any atom is 0.513 e. The first kappa shape index (κ1) is 11.9. The molecule has 0 bridgehead atoms. The zero-order chi connectivity index (χ0) is 10.3. The Labute approximate surface area is 77.9 Å². The molecule has 76 valence electrons. The van der Waals surface area contributed by atoms with Gasteiger partial charge in [0.1, 0.15) is 0 Å². The molecular weight excluding hydrogens is 172 g/mol. The third-order valence-electron chi connectivity index (χ3n) is 1.80. The maximum absolute atomic E-state index is 11.1. The third kappa shape index (κ3) is 5.22. The summed E-state index contributed by atoms with van der Waals surface area (Å²) in [5.74, 6) is -0.873. The van der Waals surface area contributed by atoms with Gasteiger partial charge in [0.2, 0.25) is 0 Å². The van der Waals surface area contributed by atoms with Gasteiger partial charge in [0.25, 0.3) is 0 Å². The van der Waals surface area contributed by atoms with E-state index >= 15 is 0 Å². The Morgan fingerprint density at radius 3 is 2.00 bits per heavy atom.